The number of rotatable bonds is 4. The number of anilines is 1. The molecule has 1 aliphatic rings. The molecule has 3 rings (SSSR count). The molecule has 1 fully saturated rings. The molecule has 5 nitrogen and oxygen atoms in total. The molecule has 0 unspecified atom stereocenters. The lowest BCUT2D eigenvalue weighted by Crippen LogP contribution is -2.31. The first-order valence-electron chi connectivity index (χ1n) is 7.83. The maximum atomic E-state index is 12.1. The van der Waals surface area contributed by atoms with Gasteiger partial charge in [-0.3, -0.25) is 4.79 Å². The number of nitrogens with zero attached hydrogens (tertiary/aromatic N) is 3. The third-order valence-corrected chi connectivity index (χ3v) is 4.41. The fourth-order valence-electron chi connectivity index (χ4n) is 2.64. The summed E-state index contributed by atoms with van der Waals surface area (Å²) < 4.78 is 0.951. The van der Waals surface area contributed by atoms with Crippen molar-refractivity contribution in [2.75, 3.05) is 18.0 Å². The minimum Gasteiger partial charge on any atom is -0.357 e. The summed E-state index contributed by atoms with van der Waals surface area (Å²) in [7, 11) is 0. The first-order chi connectivity index (χ1) is 11.2. The van der Waals surface area contributed by atoms with E-state index in [1.165, 1.54) is 19.3 Å². The van der Waals surface area contributed by atoms with E-state index in [0.717, 1.165) is 23.4 Å². The van der Waals surface area contributed by atoms with E-state index in [1.54, 1.807) is 18.3 Å². The second-order valence-electron chi connectivity index (χ2n) is 5.57. The zero-order chi connectivity index (χ0) is 16.1. The van der Waals surface area contributed by atoms with Gasteiger partial charge in [-0.15, -0.1) is 0 Å². The van der Waals surface area contributed by atoms with Crippen LogP contribution in [0.3, 0.4) is 0 Å². The van der Waals surface area contributed by atoms with Gasteiger partial charge in [-0.2, -0.15) is 0 Å². The van der Waals surface area contributed by atoms with Gasteiger partial charge < -0.3 is 10.2 Å². The molecule has 0 atom stereocenters. The fourth-order valence-corrected chi connectivity index (χ4v) is 2.90. The van der Waals surface area contributed by atoms with Crippen LogP contribution in [-0.2, 0) is 6.54 Å². The standard InChI is InChI=1S/C17H19BrN4O/c18-14-6-4-13(5-7-14)17(23)20-12-15-19-9-8-16(21-15)22-10-2-1-3-11-22/h4-9H,1-3,10-12H2,(H,20,23). The van der Waals surface area contributed by atoms with E-state index in [2.05, 4.69) is 36.1 Å². The Hall–Kier alpha value is -1.95. The summed E-state index contributed by atoms with van der Waals surface area (Å²) in [6.07, 6.45) is 5.47. The summed E-state index contributed by atoms with van der Waals surface area (Å²) in [5.74, 6) is 1.47. The number of hydrogen-bond acceptors (Lipinski definition) is 4. The van der Waals surface area contributed by atoms with Gasteiger partial charge in [0, 0.05) is 29.3 Å². The summed E-state index contributed by atoms with van der Waals surface area (Å²) in [6, 6.07) is 9.20. The summed E-state index contributed by atoms with van der Waals surface area (Å²) >= 11 is 3.36. The van der Waals surface area contributed by atoms with Crippen LogP contribution >= 0.6 is 15.9 Å². The number of benzene rings is 1. The van der Waals surface area contributed by atoms with Gasteiger partial charge >= 0.3 is 0 Å². The summed E-state index contributed by atoms with van der Waals surface area (Å²) in [6.45, 7) is 2.42. The van der Waals surface area contributed by atoms with Crippen LogP contribution in [0.25, 0.3) is 0 Å². The number of hydrogen-bond donors (Lipinski definition) is 1. The number of nitrogens with one attached hydrogen (secondary N) is 1. The largest absolute Gasteiger partial charge is 0.357 e. The summed E-state index contributed by atoms with van der Waals surface area (Å²) in [4.78, 5) is 23.2. The van der Waals surface area contributed by atoms with Crippen molar-refractivity contribution in [1.29, 1.82) is 0 Å². The van der Waals surface area contributed by atoms with E-state index in [1.807, 2.05) is 18.2 Å². The van der Waals surface area contributed by atoms with Crippen LogP contribution in [0.4, 0.5) is 5.82 Å². The number of halogens is 1. The quantitative estimate of drug-likeness (QED) is 0.892. The smallest absolute Gasteiger partial charge is 0.251 e. The molecular formula is C17H19BrN4O. The third kappa shape index (κ3) is 4.28. The van der Waals surface area contributed by atoms with E-state index in [0.29, 0.717) is 17.9 Å². The van der Waals surface area contributed by atoms with E-state index < -0.39 is 0 Å². The number of piperidine rings is 1. The molecule has 1 aromatic heterocycles. The Morgan fingerprint density at radius 1 is 1.13 bits per heavy atom. The molecule has 2 heterocycles. The van der Waals surface area contributed by atoms with E-state index >= 15 is 0 Å². The molecule has 1 N–H and O–H groups in total. The van der Waals surface area contributed by atoms with Crippen LogP contribution in [0.2, 0.25) is 0 Å². The van der Waals surface area contributed by atoms with Gasteiger partial charge in [0.15, 0.2) is 0 Å². The molecule has 6 heteroatoms. The molecule has 23 heavy (non-hydrogen) atoms. The van der Waals surface area contributed by atoms with Gasteiger partial charge in [-0.05, 0) is 49.6 Å². The lowest BCUT2D eigenvalue weighted by atomic mass is 10.1. The van der Waals surface area contributed by atoms with Gasteiger partial charge in [0.25, 0.3) is 5.91 Å². The van der Waals surface area contributed by atoms with Crippen molar-refractivity contribution in [2.24, 2.45) is 0 Å². The zero-order valence-corrected chi connectivity index (χ0v) is 14.4. The monoisotopic (exact) mass is 374 g/mol. The molecular weight excluding hydrogens is 356 g/mol. The SMILES string of the molecule is O=C(NCc1nccc(N2CCCCC2)n1)c1ccc(Br)cc1. The first-order valence-corrected chi connectivity index (χ1v) is 8.62. The number of carbonyl (C=O) groups is 1. The molecule has 120 valence electrons. The third-order valence-electron chi connectivity index (χ3n) is 3.88. The highest BCUT2D eigenvalue weighted by Gasteiger charge is 2.13. The minimum atomic E-state index is -0.121. The van der Waals surface area contributed by atoms with Gasteiger partial charge in [0.05, 0.1) is 6.54 Å². The number of amides is 1. The van der Waals surface area contributed by atoms with Gasteiger partial charge in [-0.1, -0.05) is 15.9 Å². The first kappa shape index (κ1) is 15.9. The van der Waals surface area contributed by atoms with Gasteiger partial charge in [0.1, 0.15) is 11.6 Å². The van der Waals surface area contributed by atoms with E-state index in [9.17, 15) is 4.79 Å². The Kier molecular flexibility index (Phi) is 5.23. The molecule has 1 aromatic carbocycles. The maximum absolute atomic E-state index is 12.1. The predicted octanol–water partition coefficient (Wildman–Crippen LogP) is 3.16. The van der Waals surface area contributed by atoms with Crippen molar-refractivity contribution in [3.8, 4) is 0 Å². The van der Waals surface area contributed by atoms with Crippen molar-refractivity contribution in [2.45, 2.75) is 25.8 Å². The topological polar surface area (TPSA) is 58.1 Å². The average Bonchev–Trinajstić information content (AvgIpc) is 2.61. The van der Waals surface area contributed by atoms with Crippen LogP contribution in [0, 0.1) is 0 Å². The second-order valence-corrected chi connectivity index (χ2v) is 6.48. The predicted molar refractivity (Wildman–Crippen MR) is 93.4 cm³/mol. The van der Waals surface area contributed by atoms with E-state index in [4.69, 9.17) is 0 Å². The summed E-state index contributed by atoms with van der Waals surface area (Å²) in [5.41, 5.74) is 0.625. The molecule has 0 saturated carbocycles. The van der Waals surface area contributed by atoms with Crippen molar-refractivity contribution in [3.63, 3.8) is 0 Å². The van der Waals surface area contributed by atoms with Crippen molar-refractivity contribution < 1.29 is 4.79 Å². The Morgan fingerprint density at radius 2 is 1.87 bits per heavy atom. The van der Waals surface area contributed by atoms with Crippen LogP contribution in [-0.4, -0.2) is 29.0 Å². The highest BCUT2D eigenvalue weighted by molar-refractivity contribution is 9.10. The molecule has 0 bridgehead atoms. The van der Waals surface area contributed by atoms with Crippen LogP contribution < -0.4 is 10.2 Å². The molecule has 1 amide bonds. The lowest BCUT2D eigenvalue weighted by molar-refractivity contribution is 0.0950. The van der Waals surface area contributed by atoms with Crippen LogP contribution in [0.5, 0.6) is 0 Å². The Balaban J connectivity index is 1.61. The molecule has 0 aliphatic carbocycles. The van der Waals surface area contributed by atoms with Crippen LogP contribution in [0.1, 0.15) is 35.4 Å². The fraction of sp³-hybridized carbons (Fsp3) is 0.353. The van der Waals surface area contributed by atoms with Crippen molar-refractivity contribution in [1.82, 2.24) is 15.3 Å². The Labute approximate surface area is 144 Å². The van der Waals surface area contributed by atoms with Gasteiger partial charge in [0.2, 0.25) is 0 Å². The Bertz CT molecular complexity index is 669. The van der Waals surface area contributed by atoms with E-state index in [-0.39, 0.29) is 5.91 Å². The van der Waals surface area contributed by atoms with Crippen LogP contribution in [0.15, 0.2) is 41.0 Å². The molecule has 1 saturated heterocycles. The molecule has 2 aromatic rings. The zero-order valence-electron chi connectivity index (χ0n) is 12.8. The Morgan fingerprint density at radius 3 is 2.61 bits per heavy atom. The number of carbonyl (C=O) groups excluding carboxylic acids is 1. The molecule has 0 radical (unpaired) electrons. The lowest BCUT2D eigenvalue weighted by Gasteiger charge is -2.27. The highest BCUT2D eigenvalue weighted by Crippen LogP contribution is 2.17. The van der Waals surface area contributed by atoms with Crippen molar-refractivity contribution in [3.05, 3.63) is 52.4 Å². The molecule has 1 aliphatic heterocycles. The normalized spacial score (nSPS) is 14.6. The second kappa shape index (κ2) is 7.55. The summed E-state index contributed by atoms with van der Waals surface area (Å²) in [5, 5.41) is 2.87. The van der Waals surface area contributed by atoms with Crippen molar-refractivity contribution >= 4 is 27.7 Å². The minimum absolute atomic E-state index is 0.121. The highest BCUT2D eigenvalue weighted by atomic mass is 79.9. The maximum Gasteiger partial charge on any atom is 0.251 e. The molecule has 0 spiro atoms. The average molecular weight is 375 g/mol. The number of aromatic nitrogens is 2. The van der Waals surface area contributed by atoms with Gasteiger partial charge in [-0.25, -0.2) is 9.97 Å².